The monoisotopic (exact) mass is 407 g/mol. The third-order valence-corrected chi connectivity index (χ3v) is 5.00. The lowest BCUT2D eigenvalue weighted by Gasteiger charge is -2.37. The number of ether oxygens (including phenoxy) is 1. The van der Waals surface area contributed by atoms with Crippen LogP contribution in [-0.2, 0) is 9.53 Å². The van der Waals surface area contributed by atoms with Gasteiger partial charge in [0.15, 0.2) is 5.11 Å². The summed E-state index contributed by atoms with van der Waals surface area (Å²) < 4.78 is 4.90. The molecule has 1 fully saturated rings. The van der Waals surface area contributed by atoms with Crippen molar-refractivity contribution in [3.63, 3.8) is 0 Å². The van der Waals surface area contributed by atoms with Crippen LogP contribution in [0.3, 0.4) is 0 Å². The molecule has 2 heterocycles. The molecule has 2 aromatic rings. The molecule has 144 valence electrons. The molecule has 0 saturated carbocycles. The van der Waals surface area contributed by atoms with Crippen LogP contribution in [0.15, 0.2) is 24.3 Å². The lowest BCUT2D eigenvalue weighted by atomic mass is 10.1. The Kier molecular flexibility index (Phi) is 6.18. The van der Waals surface area contributed by atoms with Gasteiger partial charge in [0.2, 0.25) is 0 Å². The number of hydrogen-bond acceptors (Lipinski definition) is 6. The summed E-state index contributed by atoms with van der Waals surface area (Å²) in [5.41, 5.74) is 7.81. The number of benzene rings is 1. The zero-order chi connectivity index (χ0) is 19.4. The summed E-state index contributed by atoms with van der Waals surface area (Å²) in [5.74, 6) is 0.157. The summed E-state index contributed by atoms with van der Waals surface area (Å²) in [6.07, 6.45) is 0. The zero-order valence-electron chi connectivity index (χ0n) is 15.1. The second kappa shape index (κ2) is 8.58. The number of nitrogens with one attached hydrogen (secondary N) is 1. The van der Waals surface area contributed by atoms with Gasteiger partial charge in [-0.2, -0.15) is 0 Å². The van der Waals surface area contributed by atoms with Crippen molar-refractivity contribution in [2.24, 2.45) is 0 Å². The Balaban J connectivity index is 1.65. The Bertz CT molecular complexity index is 850. The normalized spacial score (nSPS) is 14.3. The van der Waals surface area contributed by atoms with Gasteiger partial charge in [-0.3, -0.25) is 4.79 Å². The van der Waals surface area contributed by atoms with Crippen LogP contribution in [0.1, 0.15) is 6.92 Å². The van der Waals surface area contributed by atoms with E-state index in [1.54, 1.807) is 6.92 Å². The molecule has 1 saturated heterocycles. The highest BCUT2D eigenvalue weighted by atomic mass is 35.5. The molecule has 0 radical (unpaired) electrons. The van der Waals surface area contributed by atoms with E-state index >= 15 is 0 Å². The van der Waals surface area contributed by atoms with E-state index in [1.165, 1.54) is 0 Å². The molecule has 0 bridgehead atoms. The first kappa shape index (κ1) is 19.4. The minimum atomic E-state index is -0.309. The minimum Gasteiger partial charge on any atom is -0.465 e. The first-order valence-corrected chi connectivity index (χ1v) is 9.55. The van der Waals surface area contributed by atoms with Gasteiger partial charge in [0.1, 0.15) is 12.4 Å². The van der Waals surface area contributed by atoms with Crippen molar-refractivity contribution in [2.45, 2.75) is 6.92 Å². The Labute approximate surface area is 168 Å². The molecular formula is C18H22ClN5O2S. The number of anilines is 2. The minimum absolute atomic E-state index is 0.0825. The Morgan fingerprint density at radius 3 is 2.78 bits per heavy atom. The molecule has 1 aliphatic heterocycles. The molecule has 9 heteroatoms. The highest BCUT2D eigenvalue weighted by molar-refractivity contribution is 7.80. The average molecular weight is 408 g/mol. The van der Waals surface area contributed by atoms with Crippen molar-refractivity contribution < 1.29 is 9.53 Å². The van der Waals surface area contributed by atoms with Crippen molar-refractivity contribution in [3.8, 4) is 0 Å². The van der Waals surface area contributed by atoms with E-state index in [0.717, 1.165) is 42.8 Å². The van der Waals surface area contributed by atoms with Crippen LogP contribution < -0.4 is 16.0 Å². The number of esters is 1. The molecule has 1 aromatic carbocycles. The number of nitrogens with two attached hydrogens (primary N) is 1. The molecule has 3 N–H and O–H groups in total. The number of piperazine rings is 1. The molecule has 0 unspecified atom stereocenters. The molecule has 1 aliphatic rings. The van der Waals surface area contributed by atoms with Crippen LogP contribution in [0.2, 0.25) is 5.02 Å². The van der Waals surface area contributed by atoms with Gasteiger partial charge >= 0.3 is 5.97 Å². The average Bonchev–Trinajstić information content (AvgIpc) is 2.65. The Hall–Kier alpha value is -2.32. The lowest BCUT2D eigenvalue weighted by Crippen LogP contribution is -2.52. The van der Waals surface area contributed by atoms with E-state index < -0.39 is 0 Å². The first-order valence-electron chi connectivity index (χ1n) is 8.77. The standard InChI is InChI=1S/C18H22ClN5O2S/c1-2-26-17(25)11-21-18(27)24-7-5-23(6-8-24)15-10-16(20)22-14-9-12(19)3-4-13(14)15/h3-4,9-10H,2,5-8,11H2,1H3,(H2,20,22)(H,21,27). The summed E-state index contributed by atoms with van der Waals surface area (Å²) in [7, 11) is 0. The summed E-state index contributed by atoms with van der Waals surface area (Å²) >= 11 is 11.5. The fraction of sp³-hybridized carbons (Fsp3) is 0.389. The van der Waals surface area contributed by atoms with Crippen molar-refractivity contribution in [2.75, 3.05) is 50.0 Å². The Morgan fingerprint density at radius 2 is 2.07 bits per heavy atom. The molecule has 0 atom stereocenters. The van der Waals surface area contributed by atoms with Gasteiger partial charge in [0.05, 0.1) is 12.1 Å². The van der Waals surface area contributed by atoms with E-state index in [2.05, 4.69) is 20.1 Å². The van der Waals surface area contributed by atoms with Crippen LogP contribution in [0.4, 0.5) is 11.5 Å². The molecule has 27 heavy (non-hydrogen) atoms. The van der Waals surface area contributed by atoms with Crippen molar-refractivity contribution >= 4 is 57.3 Å². The fourth-order valence-corrected chi connectivity index (χ4v) is 3.51. The molecule has 1 aromatic heterocycles. The molecular weight excluding hydrogens is 386 g/mol. The summed E-state index contributed by atoms with van der Waals surface area (Å²) in [5, 5.41) is 5.17. The van der Waals surface area contributed by atoms with Crippen LogP contribution in [0.5, 0.6) is 0 Å². The molecule has 0 aliphatic carbocycles. The van der Waals surface area contributed by atoms with E-state index in [9.17, 15) is 4.79 Å². The van der Waals surface area contributed by atoms with Crippen LogP contribution in [0, 0.1) is 0 Å². The summed E-state index contributed by atoms with van der Waals surface area (Å²) in [6.45, 7) is 5.26. The van der Waals surface area contributed by atoms with Gasteiger partial charge in [-0.25, -0.2) is 4.98 Å². The number of halogens is 1. The number of thiocarbonyl (C=S) groups is 1. The number of rotatable bonds is 4. The van der Waals surface area contributed by atoms with Gasteiger partial charge in [-0.1, -0.05) is 11.6 Å². The highest BCUT2D eigenvalue weighted by Gasteiger charge is 2.21. The molecule has 7 nitrogen and oxygen atoms in total. The maximum Gasteiger partial charge on any atom is 0.325 e. The lowest BCUT2D eigenvalue weighted by molar-refractivity contribution is -0.141. The largest absolute Gasteiger partial charge is 0.465 e. The van der Waals surface area contributed by atoms with E-state index in [0.29, 0.717) is 22.6 Å². The van der Waals surface area contributed by atoms with Crippen molar-refractivity contribution in [1.29, 1.82) is 0 Å². The predicted molar refractivity (Wildman–Crippen MR) is 112 cm³/mol. The first-order chi connectivity index (χ1) is 13.0. The third kappa shape index (κ3) is 4.70. The van der Waals surface area contributed by atoms with Gasteiger partial charge < -0.3 is 25.6 Å². The second-order valence-electron chi connectivity index (χ2n) is 6.17. The van der Waals surface area contributed by atoms with Crippen LogP contribution in [0.25, 0.3) is 10.9 Å². The van der Waals surface area contributed by atoms with Crippen LogP contribution >= 0.6 is 23.8 Å². The van der Waals surface area contributed by atoms with E-state index in [1.807, 2.05) is 24.3 Å². The molecule has 3 rings (SSSR count). The number of carbonyl (C=O) groups is 1. The number of nitrogens with zero attached hydrogens (tertiary/aromatic N) is 3. The van der Waals surface area contributed by atoms with Gasteiger partial charge in [-0.15, -0.1) is 0 Å². The second-order valence-corrected chi connectivity index (χ2v) is 6.99. The molecule has 0 amide bonds. The number of carbonyl (C=O) groups excluding carboxylic acids is 1. The van der Waals surface area contributed by atoms with Crippen molar-refractivity contribution in [1.82, 2.24) is 15.2 Å². The number of hydrogen-bond donors (Lipinski definition) is 2. The predicted octanol–water partition coefficient (Wildman–Crippen LogP) is 2.03. The summed E-state index contributed by atoms with van der Waals surface area (Å²) in [6, 6.07) is 7.54. The molecule has 0 spiro atoms. The topological polar surface area (TPSA) is 83.7 Å². The van der Waals surface area contributed by atoms with Crippen molar-refractivity contribution in [3.05, 3.63) is 29.3 Å². The fourth-order valence-electron chi connectivity index (χ4n) is 3.09. The number of nitrogen functional groups attached to an aromatic ring is 1. The number of pyridine rings is 1. The summed E-state index contributed by atoms with van der Waals surface area (Å²) in [4.78, 5) is 20.1. The number of fused-ring (bicyclic) bond motifs is 1. The maximum atomic E-state index is 11.4. The van der Waals surface area contributed by atoms with Gasteiger partial charge in [-0.05, 0) is 37.3 Å². The van der Waals surface area contributed by atoms with Gasteiger partial charge in [0, 0.05) is 48.3 Å². The third-order valence-electron chi connectivity index (χ3n) is 4.37. The Morgan fingerprint density at radius 1 is 1.33 bits per heavy atom. The van der Waals surface area contributed by atoms with E-state index in [-0.39, 0.29) is 12.5 Å². The zero-order valence-corrected chi connectivity index (χ0v) is 16.6. The smallest absolute Gasteiger partial charge is 0.325 e. The SMILES string of the molecule is CCOC(=O)CNC(=S)N1CCN(c2cc(N)nc3cc(Cl)ccc23)CC1. The van der Waals surface area contributed by atoms with E-state index in [4.69, 9.17) is 34.3 Å². The van der Waals surface area contributed by atoms with Crippen LogP contribution in [-0.4, -0.2) is 60.3 Å². The van der Waals surface area contributed by atoms with Gasteiger partial charge in [0.25, 0.3) is 0 Å². The number of aromatic nitrogens is 1. The maximum absolute atomic E-state index is 11.4. The quantitative estimate of drug-likeness (QED) is 0.588. The highest BCUT2D eigenvalue weighted by Crippen LogP contribution is 2.30.